The number of amides is 1. The molecule has 0 spiro atoms. The molecule has 2 aliphatic rings. The summed E-state index contributed by atoms with van der Waals surface area (Å²) in [6, 6.07) is 16.6. The van der Waals surface area contributed by atoms with Crippen LogP contribution >= 0.6 is 12.2 Å². The van der Waals surface area contributed by atoms with E-state index in [-0.39, 0.29) is 30.1 Å². The molecule has 1 aromatic carbocycles. The highest BCUT2D eigenvalue weighted by atomic mass is 32.1. The van der Waals surface area contributed by atoms with Crippen molar-refractivity contribution < 1.29 is 9.18 Å². The molecule has 0 bridgehead atoms. The Morgan fingerprint density at radius 1 is 1.09 bits per heavy atom. The molecule has 35 heavy (non-hydrogen) atoms. The number of rotatable bonds is 7. The standard InChI is InChI=1S/C27H30FN5OS/c28-20-11-4-5-12-21(20)30-24(34)15-18-33-26(25(31-27(33)35)22-13-6-7-16-29-22)23-14-8-17-32(23)19-9-2-1-3-10-19/h4-8,11-14,16-17,19,25-26H,1-3,9-10,15,18H2,(H,30,34)(H,31,35). The largest absolute Gasteiger partial charge is 0.352 e. The quantitative estimate of drug-likeness (QED) is 0.426. The summed E-state index contributed by atoms with van der Waals surface area (Å²) in [7, 11) is 0. The highest BCUT2D eigenvalue weighted by molar-refractivity contribution is 7.80. The van der Waals surface area contributed by atoms with Crippen molar-refractivity contribution in [1.82, 2.24) is 19.8 Å². The fourth-order valence-electron chi connectivity index (χ4n) is 5.31. The molecule has 0 radical (unpaired) electrons. The Balaban J connectivity index is 1.40. The molecule has 6 nitrogen and oxygen atoms in total. The van der Waals surface area contributed by atoms with Crippen LogP contribution in [0.2, 0.25) is 0 Å². The molecular weight excluding hydrogens is 461 g/mol. The number of carbonyl (C=O) groups excluding carboxylic acids is 1. The number of nitrogens with one attached hydrogen (secondary N) is 2. The second-order valence-electron chi connectivity index (χ2n) is 9.23. The minimum atomic E-state index is -0.447. The summed E-state index contributed by atoms with van der Waals surface area (Å²) >= 11 is 5.76. The summed E-state index contributed by atoms with van der Waals surface area (Å²) in [5.41, 5.74) is 2.28. The van der Waals surface area contributed by atoms with Crippen molar-refractivity contribution in [3.05, 3.63) is 84.2 Å². The van der Waals surface area contributed by atoms with Crippen LogP contribution in [0.5, 0.6) is 0 Å². The van der Waals surface area contributed by atoms with Crippen LogP contribution in [0, 0.1) is 5.82 Å². The van der Waals surface area contributed by atoms with Crippen molar-refractivity contribution in [2.45, 2.75) is 56.7 Å². The third-order valence-corrected chi connectivity index (χ3v) is 7.36. The fourth-order valence-corrected chi connectivity index (χ4v) is 5.65. The van der Waals surface area contributed by atoms with Crippen molar-refractivity contribution in [3.63, 3.8) is 0 Å². The lowest BCUT2D eigenvalue weighted by Crippen LogP contribution is -2.34. The van der Waals surface area contributed by atoms with Crippen LogP contribution in [0.25, 0.3) is 0 Å². The van der Waals surface area contributed by atoms with Crippen molar-refractivity contribution in [2.75, 3.05) is 11.9 Å². The lowest BCUT2D eigenvalue weighted by Gasteiger charge is -2.32. The van der Waals surface area contributed by atoms with Crippen LogP contribution in [-0.4, -0.2) is 32.0 Å². The van der Waals surface area contributed by atoms with Crippen LogP contribution in [0.15, 0.2) is 67.0 Å². The van der Waals surface area contributed by atoms with E-state index in [0.29, 0.717) is 17.7 Å². The van der Waals surface area contributed by atoms with Gasteiger partial charge in [0.2, 0.25) is 5.91 Å². The topological polar surface area (TPSA) is 62.2 Å². The van der Waals surface area contributed by atoms with E-state index in [9.17, 15) is 9.18 Å². The predicted octanol–water partition coefficient (Wildman–Crippen LogP) is 5.53. The fraction of sp³-hybridized carbons (Fsp3) is 0.370. The summed E-state index contributed by atoms with van der Waals surface area (Å²) in [6.45, 7) is 0.413. The van der Waals surface area contributed by atoms with Gasteiger partial charge in [0.1, 0.15) is 5.82 Å². The normalized spacial score (nSPS) is 20.6. The third-order valence-electron chi connectivity index (χ3n) is 7.01. The Kier molecular flexibility index (Phi) is 7.08. The van der Waals surface area contributed by atoms with Crippen molar-refractivity contribution in [3.8, 4) is 0 Å². The molecule has 5 rings (SSSR count). The molecule has 1 aliphatic carbocycles. The van der Waals surface area contributed by atoms with Gasteiger partial charge in [-0.05, 0) is 61.5 Å². The summed E-state index contributed by atoms with van der Waals surface area (Å²) in [5, 5.41) is 6.74. The number of hydrogen-bond acceptors (Lipinski definition) is 3. The van der Waals surface area contributed by atoms with E-state index in [2.05, 4.69) is 43.4 Å². The molecule has 2 fully saturated rings. The number of aromatic nitrogens is 2. The van der Waals surface area contributed by atoms with Gasteiger partial charge < -0.3 is 20.1 Å². The van der Waals surface area contributed by atoms with Crippen LogP contribution in [0.1, 0.15) is 68.0 Å². The van der Waals surface area contributed by atoms with Gasteiger partial charge in [0.25, 0.3) is 0 Å². The highest BCUT2D eigenvalue weighted by Crippen LogP contribution is 2.41. The van der Waals surface area contributed by atoms with Crippen molar-refractivity contribution in [2.24, 2.45) is 0 Å². The first-order chi connectivity index (χ1) is 17.1. The van der Waals surface area contributed by atoms with Gasteiger partial charge in [-0.25, -0.2) is 4.39 Å². The SMILES string of the molecule is O=C(CCN1C(=S)NC(c2ccccn2)C1c1cccn1C1CCCCC1)Nc1ccccc1F. The van der Waals surface area contributed by atoms with Gasteiger partial charge in [0, 0.05) is 37.1 Å². The van der Waals surface area contributed by atoms with Gasteiger partial charge in [-0.1, -0.05) is 37.5 Å². The first-order valence-corrected chi connectivity index (χ1v) is 12.7. The zero-order chi connectivity index (χ0) is 24.2. The summed E-state index contributed by atoms with van der Waals surface area (Å²) in [6.07, 6.45) is 10.3. The van der Waals surface area contributed by atoms with Crippen molar-refractivity contribution in [1.29, 1.82) is 0 Å². The van der Waals surface area contributed by atoms with Gasteiger partial charge in [-0.2, -0.15) is 0 Å². The number of halogens is 1. The number of nitrogens with zero attached hydrogens (tertiary/aromatic N) is 3. The monoisotopic (exact) mass is 491 g/mol. The second-order valence-corrected chi connectivity index (χ2v) is 9.62. The molecule has 1 amide bonds. The number of carbonyl (C=O) groups is 1. The Morgan fingerprint density at radius 2 is 1.89 bits per heavy atom. The number of pyridine rings is 1. The lowest BCUT2D eigenvalue weighted by atomic mass is 9.94. The zero-order valence-corrected chi connectivity index (χ0v) is 20.4. The van der Waals surface area contributed by atoms with Crippen molar-refractivity contribution >= 4 is 28.9 Å². The molecule has 2 aromatic heterocycles. The maximum Gasteiger partial charge on any atom is 0.226 e. The molecule has 1 aliphatic heterocycles. The number of hydrogen-bond donors (Lipinski definition) is 2. The first kappa shape index (κ1) is 23.5. The number of para-hydroxylation sites is 1. The first-order valence-electron chi connectivity index (χ1n) is 12.3. The maximum absolute atomic E-state index is 14.0. The van der Waals surface area contributed by atoms with Crippen LogP contribution in [0.3, 0.4) is 0 Å². The van der Waals surface area contributed by atoms with E-state index in [1.54, 1.807) is 24.4 Å². The van der Waals surface area contributed by atoms with Crippen LogP contribution < -0.4 is 10.6 Å². The van der Waals surface area contributed by atoms with E-state index in [4.69, 9.17) is 12.2 Å². The average Bonchev–Trinajstić information content (AvgIpc) is 3.49. The smallest absolute Gasteiger partial charge is 0.226 e. The number of benzene rings is 1. The second kappa shape index (κ2) is 10.6. The Morgan fingerprint density at radius 3 is 2.66 bits per heavy atom. The molecule has 8 heteroatoms. The molecule has 2 unspecified atom stereocenters. The van der Waals surface area contributed by atoms with E-state index in [1.807, 2.05) is 18.2 Å². The van der Waals surface area contributed by atoms with E-state index in [1.165, 1.54) is 43.9 Å². The summed E-state index contributed by atoms with van der Waals surface area (Å²) in [5.74, 6) is -0.696. The minimum absolute atomic E-state index is 0.101. The van der Waals surface area contributed by atoms with Gasteiger partial charge in [-0.3, -0.25) is 9.78 Å². The minimum Gasteiger partial charge on any atom is -0.352 e. The average molecular weight is 492 g/mol. The number of anilines is 1. The van der Waals surface area contributed by atoms with E-state index in [0.717, 1.165) is 5.69 Å². The van der Waals surface area contributed by atoms with Crippen LogP contribution in [-0.2, 0) is 4.79 Å². The Bertz CT molecular complexity index is 1180. The zero-order valence-electron chi connectivity index (χ0n) is 19.6. The maximum atomic E-state index is 14.0. The highest BCUT2D eigenvalue weighted by Gasteiger charge is 2.41. The lowest BCUT2D eigenvalue weighted by molar-refractivity contribution is -0.116. The molecule has 1 saturated carbocycles. The Labute approximate surface area is 210 Å². The van der Waals surface area contributed by atoms with Crippen LogP contribution in [0.4, 0.5) is 10.1 Å². The molecule has 2 atom stereocenters. The molecule has 1 saturated heterocycles. The summed E-state index contributed by atoms with van der Waals surface area (Å²) in [4.78, 5) is 19.4. The van der Waals surface area contributed by atoms with E-state index >= 15 is 0 Å². The molecular formula is C27H30FN5OS. The van der Waals surface area contributed by atoms with Gasteiger partial charge in [0.05, 0.1) is 23.5 Å². The predicted molar refractivity (Wildman–Crippen MR) is 138 cm³/mol. The molecule has 182 valence electrons. The summed E-state index contributed by atoms with van der Waals surface area (Å²) < 4.78 is 16.4. The Hall–Kier alpha value is -3.26. The molecule has 2 N–H and O–H groups in total. The van der Waals surface area contributed by atoms with Gasteiger partial charge in [-0.15, -0.1) is 0 Å². The van der Waals surface area contributed by atoms with E-state index < -0.39 is 5.82 Å². The van der Waals surface area contributed by atoms with Gasteiger partial charge in [0.15, 0.2) is 5.11 Å². The molecule has 3 aromatic rings. The third kappa shape index (κ3) is 5.07. The molecule has 3 heterocycles. The van der Waals surface area contributed by atoms with Gasteiger partial charge >= 0.3 is 0 Å². The number of thiocarbonyl (C=S) groups is 1.